The van der Waals surface area contributed by atoms with Crippen LogP contribution in [-0.2, 0) is 11.3 Å². The van der Waals surface area contributed by atoms with Crippen molar-refractivity contribution in [2.75, 3.05) is 27.2 Å². The second-order valence-electron chi connectivity index (χ2n) is 6.36. The van der Waals surface area contributed by atoms with Gasteiger partial charge >= 0.3 is 0 Å². The molecule has 1 fully saturated rings. The van der Waals surface area contributed by atoms with Crippen molar-refractivity contribution in [1.29, 1.82) is 0 Å². The molecular weight excluding hydrogens is 322 g/mol. The van der Waals surface area contributed by atoms with Crippen molar-refractivity contribution in [1.82, 2.24) is 15.4 Å². The Kier molecular flexibility index (Phi) is 5.35. The molecule has 1 aromatic heterocycles. The van der Waals surface area contributed by atoms with Crippen LogP contribution in [0, 0.1) is 5.92 Å². The Hall–Kier alpha value is -2.38. The first-order valence-electron chi connectivity index (χ1n) is 8.31. The van der Waals surface area contributed by atoms with Gasteiger partial charge in [-0.15, -0.1) is 0 Å². The number of hydrogen-bond donors (Lipinski definition) is 2. The van der Waals surface area contributed by atoms with Crippen LogP contribution >= 0.6 is 0 Å². The van der Waals surface area contributed by atoms with E-state index in [0.29, 0.717) is 24.4 Å². The molecule has 0 aliphatic carbocycles. The first-order valence-corrected chi connectivity index (χ1v) is 8.31. The summed E-state index contributed by atoms with van der Waals surface area (Å²) in [6.45, 7) is 1.62. The van der Waals surface area contributed by atoms with E-state index in [1.54, 1.807) is 13.2 Å². The van der Waals surface area contributed by atoms with Gasteiger partial charge in [0, 0.05) is 24.7 Å². The molecule has 0 bridgehead atoms. The zero-order chi connectivity index (χ0) is 17.8. The van der Waals surface area contributed by atoms with Crippen LogP contribution in [0.15, 0.2) is 34.9 Å². The van der Waals surface area contributed by atoms with Crippen LogP contribution in [0.3, 0.4) is 0 Å². The van der Waals surface area contributed by atoms with E-state index in [2.05, 4.69) is 10.5 Å². The predicted molar refractivity (Wildman–Crippen MR) is 91.9 cm³/mol. The molecule has 1 amide bonds. The van der Waals surface area contributed by atoms with Crippen LogP contribution < -0.4 is 10.1 Å². The highest BCUT2D eigenvalue weighted by Gasteiger charge is 2.31. The van der Waals surface area contributed by atoms with Gasteiger partial charge in [0.05, 0.1) is 25.7 Å². The van der Waals surface area contributed by atoms with Gasteiger partial charge in [-0.25, -0.2) is 0 Å². The Morgan fingerprint density at radius 3 is 3.12 bits per heavy atom. The molecule has 2 N–H and O–H groups in total. The molecular formula is C18H23N3O4. The molecule has 0 spiro atoms. The van der Waals surface area contributed by atoms with Crippen LogP contribution in [0.1, 0.15) is 12.1 Å². The Bertz CT molecular complexity index is 731. The fraction of sp³-hybridized carbons (Fsp3) is 0.444. The summed E-state index contributed by atoms with van der Waals surface area (Å²) in [4.78, 5) is 14.4. The third-order valence-electron chi connectivity index (χ3n) is 4.47. The molecule has 1 saturated heterocycles. The van der Waals surface area contributed by atoms with E-state index in [9.17, 15) is 9.90 Å². The number of benzene rings is 1. The number of carbonyl (C=O) groups is 1. The van der Waals surface area contributed by atoms with Gasteiger partial charge in [-0.1, -0.05) is 17.3 Å². The minimum Gasteiger partial charge on any atom is -0.497 e. The molecule has 134 valence electrons. The second-order valence-corrected chi connectivity index (χ2v) is 6.36. The van der Waals surface area contributed by atoms with Gasteiger partial charge < -0.3 is 24.6 Å². The number of ether oxygens (including phenoxy) is 1. The van der Waals surface area contributed by atoms with Gasteiger partial charge in [0.1, 0.15) is 11.4 Å². The van der Waals surface area contributed by atoms with E-state index in [4.69, 9.17) is 9.26 Å². The second kappa shape index (κ2) is 7.67. The molecule has 2 atom stereocenters. The number of aliphatic hydroxyl groups excluding tert-OH is 1. The first-order chi connectivity index (χ1) is 12.1. The van der Waals surface area contributed by atoms with Gasteiger partial charge in [-0.2, -0.15) is 0 Å². The van der Waals surface area contributed by atoms with Crippen molar-refractivity contribution in [2.24, 2.45) is 5.92 Å². The highest BCUT2D eigenvalue weighted by atomic mass is 16.5. The zero-order valence-corrected chi connectivity index (χ0v) is 14.4. The number of piperidine rings is 1. The molecule has 0 saturated carbocycles. The maximum Gasteiger partial charge on any atom is 0.227 e. The molecule has 7 heteroatoms. The van der Waals surface area contributed by atoms with Gasteiger partial charge in [0.2, 0.25) is 5.91 Å². The Morgan fingerprint density at radius 2 is 2.32 bits per heavy atom. The average Bonchev–Trinajstić information content (AvgIpc) is 3.11. The standard InChI is InChI=1S/C18H23N3O4/c1-21-7-6-16(22)15(11-21)18(23)19-10-13-9-17(25-20-13)12-4-3-5-14(8-12)24-2/h3-5,8-9,15-16,22H,6-7,10-11H2,1-2H3,(H,19,23)/t15-,16+/m1/s1. The normalized spacial score (nSPS) is 21.1. The minimum absolute atomic E-state index is 0.162. The molecule has 7 nitrogen and oxygen atoms in total. The number of amides is 1. The van der Waals surface area contributed by atoms with E-state index >= 15 is 0 Å². The van der Waals surface area contributed by atoms with Gasteiger partial charge in [-0.05, 0) is 25.6 Å². The summed E-state index contributed by atoms with van der Waals surface area (Å²) >= 11 is 0. The highest BCUT2D eigenvalue weighted by Crippen LogP contribution is 2.24. The molecule has 25 heavy (non-hydrogen) atoms. The number of aliphatic hydroxyl groups is 1. The lowest BCUT2D eigenvalue weighted by Gasteiger charge is -2.32. The Balaban J connectivity index is 1.60. The fourth-order valence-corrected chi connectivity index (χ4v) is 2.98. The van der Waals surface area contributed by atoms with E-state index in [1.165, 1.54) is 0 Å². The molecule has 1 aliphatic rings. The third kappa shape index (κ3) is 4.18. The summed E-state index contributed by atoms with van der Waals surface area (Å²) in [5.41, 5.74) is 1.48. The number of nitrogens with one attached hydrogen (secondary N) is 1. The molecule has 3 rings (SSSR count). The summed E-state index contributed by atoms with van der Waals surface area (Å²) in [6.07, 6.45) is 0.0132. The number of methoxy groups -OCH3 is 1. The molecule has 1 aromatic carbocycles. The fourth-order valence-electron chi connectivity index (χ4n) is 2.98. The number of hydrogen-bond acceptors (Lipinski definition) is 6. The molecule has 1 aliphatic heterocycles. The maximum atomic E-state index is 12.3. The first kappa shape index (κ1) is 17.4. The largest absolute Gasteiger partial charge is 0.497 e. The van der Waals surface area contributed by atoms with Crippen molar-refractivity contribution in [3.63, 3.8) is 0 Å². The smallest absolute Gasteiger partial charge is 0.227 e. The summed E-state index contributed by atoms with van der Waals surface area (Å²) in [7, 11) is 3.56. The van der Waals surface area contributed by atoms with Gasteiger partial charge in [0.15, 0.2) is 5.76 Å². The van der Waals surface area contributed by atoms with Crippen LogP contribution in [-0.4, -0.2) is 54.4 Å². The Labute approximate surface area is 146 Å². The summed E-state index contributed by atoms with van der Waals surface area (Å²) in [5.74, 6) is 0.772. The molecule has 0 unspecified atom stereocenters. The summed E-state index contributed by atoms with van der Waals surface area (Å²) < 4.78 is 10.6. The van der Waals surface area contributed by atoms with Crippen LogP contribution in [0.4, 0.5) is 0 Å². The van der Waals surface area contributed by atoms with Crippen molar-refractivity contribution in [3.8, 4) is 17.1 Å². The van der Waals surface area contributed by atoms with Crippen molar-refractivity contribution in [3.05, 3.63) is 36.0 Å². The highest BCUT2D eigenvalue weighted by molar-refractivity contribution is 5.79. The topological polar surface area (TPSA) is 87.8 Å². The Morgan fingerprint density at radius 1 is 1.48 bits per heavy atom. The van der Waals surface area contributed by atoms with E-state index in [-0.39, 0.29) is 12.5 Å². The van der Waals surface area contributed by atoms with E-state index in [1.807, 2.05) is 36.2 Å². The van der Waals surface area contributed by atoms with E-state index in [0.717, 1.165) is 17.9 Å². The van der Waals surface area contributed by atoms with Gasteiger partial charge in [0.25, 0.3) is 0 Å². The maximum absolute atomic E-state index is 12.3. The number of aromatic nitrogens is 1. The van der Waals surface area contributed by atoms with Crippen molar-refractivity contribution in [2.45, 2.75) is 19.1 Å². The minimum atomic E-state index is -0.596. The number of carbonyl (C=O) groups excluding carboxylic acids is 1. The predicted octanol–water partition coefficient (Wildman–Crippen LogP) is 1.28. The number of nitrogens with zero attached hydrogens (tertiary/aromatic N) is 2. The molecule has 0 radical (unpaired) electrons. The number of rotatable bonds is 5. The number of likely N-dealkylation sites (tertiary alicyclic amines) is 1. The van der Waals surface area contributed by atoms with Crippen LogP contribution in [0.2, 0.25) is 0 Å². The monoisotopic (exact) mass is 345 g/mol. The van der Waals surface area contributed by atoms with E-state index < -0.39 is 12.0 Å². The SMILES string of the molecule is COc1cccc(-c2cc(CNC(=O)[C@@H]3CN(C)CC[C@@H]3O)no2)c1. The lowest BCUT2D eigenvalue weighted by molar-refractivity contribution is -0.131. The lowest BCUT2D eigenvalue weighted by atomic mass is 9.94. The van der Waals surface area contributed by atoms with Crippen molar-refractivity contribution >= 4 is 5.91 Å². The summed E-state index contributed by atoms with van der Waals surface area (Å²) in [6, 6.07) is 9.28. The molecule has 2 aromatic rings. The molecule has 2 heterocycles. The lowest BCUT2D eigenvalue weighted by Crippen LogP contribution is -2.48. The van der Waals surface area contributed by atoms with Crippen molar-refractivity contribution < 1.29 is 19.2 Å². The van der Waals surface area contributed by atoms with Crippen LogP contribution in [0.25, 0.3) is 11.3 Å². The quantitative estimate of drug-likeness (QED) is 0.849. The van der Waals surface area contributed by atoms with Gasteiger partial charge in [-0.3, -0.25) is 4.79 Å². The third-order valence-corrected chi connectivity index (χ3v) is 4.47. The average molecular weight is 345 g/mol. The summed E-state index contributed by atoms with van der Waals surface area (Å²) in [5, 5.41) is 16.9. The van der Waals surface area contributed by atoms with Crippen LogP contribution in [0.5, 0.6) is 5.75 Å². The zero-order valence-electron chi connectivity index (χ0n) is 14.4.